The van der Waals surface area contributed by atoms with Gasteiger partial charge in [0.15, 0.2) is 0 Å². The molecule has 0 radical (unpaired) electrons. The molecular formula is C14H17N3O5S. The van der Waals surface area contributed by atoms with Crippen molar-refractivity contribution in [2.75, 3.05) is 38.6 Å². The van der Waals surface area contributed by atoms with Crippen LogP contribution in [0.3, 0.4) is 0 Å². The number of anilines is 1. The minimum atomic E-state index is -3.64. The number of carbonyl (C=O) groups excluding carboxylic acids is 2. The second-order valence-electron chi connectivity index (χ2n) is 5.41. The molecule has 0 bridgehead atoms. The van der Waals surface area contributed by atoms with E-state index in [1.165, 1.54) is 28.4 Å². The normalized spacial score (nSPS) is 18.5. The molecule has 1 fully saturated rings. The van der Waals surface area contributed by atoms with Gasteiger partial charge < -0.3 is 15.0 Å². The molecule has 1 aromatic rings. The van der Waals surface area contributed by atoms with Crippen LogP contribution in [0.25, 0.3) is 0 Å². The topological polar surface area (TPSA) is 96.0 Å². The third-order valence-corrected chi connectivity index (χ3v) is 5.91. The van der Waals surface area contributed by atoms with E-state index in [2.05, 4.69) is 10.1 Å². The third-order valence-electron chi connectivity index (χ3n) is 4.01. The zero-order valence-electron chi connectivity index (χ0n) is 12.6. The van der Waals surface area contributed by atoms with Gasteiger partial charge in [0.05, 0.1) is 18.4 Å². The standard InChI is InChI=1S/C14H17N3O5S/c1-22-14(19)16-4-6-17(7-5-16)23(20,21)11-2-3-12-10(8-11)9-13(18)15-12/h2-3,8H,4-7,9H2,1H3,(H,15,18). The van der Waals surface area contributed by atoms with Gasteiger partial charge in [-0.3, -0.25) is 4.79 Å². The van der Waals surface area contributed by atoms with E-state index < -0.39 is 16.1 Å². The maximum Gasteiger partial charge on any atom is 0.409 e. The average Bonchev–Trinajstić information content (AvgIpc) is 2.93. The first kappa shape index (κ1) is 15.8. The molecule has 3 rings (SSSR count). The predicted octanol–water partition coefficient (Wildman–Crippen LogP) is 0.254. The van der Waals surface area contributed by atoms with E-state index in [1.54, 1.807) is 6.07 Å². The quantitative estimate of drug-likeness (QED) is 0.833. The summed E-state index contributed by atoms with van der Waals surface area (Å²) in [5.41, 5.74) is 1.34. The molecule has 8 nitrogen and oxygen atoms in total. The number of ether oxygens (including phenoxy) is 1. The van der Waals surface area contributed by atoms with Crippen LogP contribution in [-0.4, -0.2) is 62.9 Å². The Morgan fingerprint density at radius 1 is 1.22 bits per heavy atom. The lowest BCUT2D eigenvalue weighted by molar-refractivity contribution is -0.115. The number of benzene rings is 1. The summed E-state index contributed by atoms with van der Waals surface area (Å²) in [7, 11) is -2.34. The molecule has 1 aromatic carbocycles. The average molecular weight is 339 g/mol. The SMILES string of the molecule is COC(=O)N1CCN(S(=O)(=O)c2ccc3c(c2)CC(=O)N3)CC1. The van der Waals surface area contributed by atoms with Gasteiger partial charge in [-0.2, -0.15) is 4.31 Å². The van der Waals surface area contributed by atoms with Crippen molar-refractivity contribution in [2.24, 2.45) is 0 Å². The highest BCUT2D eigenvalue weighted by Gasteiger charge is 2.31. The Bertz CT molecular complexity index is 754. The fraction of sp³-hybridized carbons (Fsp3) is 0.429. The van der Waals surface area contributed by atoms with Crippen molar-refractivity contribution in [2.45, 2.75) is 11.3 Å². The van der Waals surface area contributed by atoms with E-state index in [9.17, 15) is 18.0 Å². The summed E-state index contributed by atoms with van der Waals surface area (Å²) in [5, 5.41) is 2.67. The fourth-order valence-corrected chi connectivity index (χ4v) is 4.23. The van der Waals surface area contributed by atoms with Gasteiger partial charge in [0, 0.05) is 31.9 Å². The fourth-order valence-electron chi connectivity index (χ4n) is 2.76. The zero-order chi connectivity index (χ0) is 16.6. The van der Waals surface area contributed by atoms with Crippen LogP contribution in [0.2, 0.25) is 0 Å². The molecule has 2 aliphatic rings. The Kier molecular flexibility index (Phi) is 3.99. The second-order valence-corrected chi connectivity index (χ2v) is 7.34. The molecule has 124 valence electrons. The van der Waals surface area contributed by atoms with Crippen molar-refractivity contribution < 1.29 is 22.7 Å². The van der Waals surface area contributed by atoms with Crippen LogP contribution in [0.15, 0.2) is 23.1 Å². The monoisotopic (exact) mass is 339 g/mol. The number of carbonyl (C=O) groups is 2. The van der Waals surface area contributed by atoms with Crippen LogP contribution in [0.4, 0.5) is 10.5 Å². The molecular weight excluding hydrogens is 322 g/mol. The molecule has 1 N–H and O–H groups in total. The van der Waals surface area contributed by atoms with Gasteiger partial charge in [-0.05, 0) is 23.8 Å². The number of rotatable bonds is 2. The van der Waals surface area contributed by atoms with Crippen LogP contribution >= 0.6 is 0 Å². The van der Waals surface area contributed by atoms with Gasteiger partial charge in [-0.1, -0.05) is 0 Å². The predicted molar refractivity (Wildman–Crippen MR) is 81.5 cm³/mol. The molecule has 0 aliphatic carbocycles. The highest BCUT2D eigenvalue weighted by molar-refractivity contribution is 7.89. The summed E-state index contributed by atoms with van der Waals surface area (Å²) in [6.07, 6.45) is -0.265. The summed E-state index contributed by atoms with van der Waals surface area (Å²) < 4.78 is 31.4. The summed E-state index contributed by atoms with van der Waals surface area (Å²) >= 11 is 0. The Hall–Kier alpha value is -2.13. The van der Waals surface area contributed by atoms with Gasteiger partial charge >= 0.3 is 6.09 Å². The molecule has 0 saturated carbocycles. The third kappa shape index (κ3) is 2.89. The maximum atomic E-state index is 12.7. The smallest absolute Gasteiger partial charge is 0.409 e. The minimum absolute atomic E-state index is 0.138. The Balaban J connectivity index is 1.77. The number of sulfonamides is 1. The number of nitrogens with zero attached hydrogens (tertiary/aromatic N) is 2. The number of hydrogen-bond donors (Lipinski definition) is 1. The summed E-state index contributed by atoms with van der Waals surface area (Å²) in [4.78, 5) is 24.5. The highest BCUT2D eigenvalue weighted by Crippen LogP contribution is 2.27. The minimum Gasteiger partial charge on any atom is -0.453 e. The molecule has 0 spiro atoms. The number of nitrogens with one attached hydrogen (secondary N) is 1. The Morgan fingerprint density at radius 2 is 1.91 bits per heavy atom. The molecule has 2 amide bonds. The second kappa shape index (κ2) is 5.82. The highest BCUT2D eigenvalue weighted by atomic mass is 32.2. The first-order chi connectivity index (χ1) is 10.9. The number of fused-ring (bicyclic) bond motifs is 1. The molecule has 2 aliphatic heterocycles. The van der Waals surface area contributed by atoms with E-state index in [0.717, 1.165) is 0 Å². The van der Waals surface area contributed by atoms with Crippen molar-refractivity contribution in [3.63, 3.8) is 0 Å². The Labute approximate surface area is 134 Å². The Morgan fingerprint density at radius 3 is 2.57 bits per heavy atom. The molecule has 0 atom stereocenters. The van der Waals surface area contributed by atoms with Crippen molar-refractivity contribution >= 4 is 27.7 Å². The molecule has 0 unspecified atom stereocenters. The van der Waals surface area contributed by atoms with Crippen LogP contribution < -0.4 is 5.32 Å². The largest absolute Gasteiger partial charge is 0.453 e. The summed E-state index contributed by atoms with van der Waals surface area (Å²) in [6, 6.07) is 4.64. The van der Waals surface area contributed by atoms with Gasteiger partial charge in [0.2, 0.25) is 15.9 Å². The molecule has 0 aromatic heterocycles. The van der Waals surface area contributed by atoms with E-state index in [1.807, 2.05) is 0 Å². The maximum absolute atomic E-state index is 12.7. The first-order valence-electron chi connectivity index (χ1n) is 7.17. The molecule has 23 heavy (non-hydrogen) atoms. The van der Waals surface area contributed by atoms with Crippen molar-refractivity contribution in [1.29, 1.82) is 0 Å². The van der Waals surface area contributed by atoms with E-state index >= 15 is 0 Å². The van der Waals surface area contributed by atoms with E-state index in [-0.39, 0.29) is 43.4 Å². The van der Waals surface area contributed by atoms with Gasteiger partial charge in [-0.25, -0.2) is 13.2 Å². The number of amides is 2. The lowest BCUT2D eigenvalue weighted by Gasteiger charge is -2.33. The molecule has 9 heteroatoms. The van der Waals surface area contributed by atoms with E-state index in [0.29, 0.717) is 11.3 Å². The van der Waals surface area contributed by atoms with Crippen LogP contribution in [0, 0.1) is 0 Å². The lowest BCUT2D eigenvalue weighted by atomic mass is 10.2. The molecule has 1 saturated heterocycles. The zero-order valence-corrected chi connectivity index (χ0v) is 13.4. The van der Waals surface area contributed by atoms with E-state index in [4.69, 9.17) is 0 Å². The van der Waals surface area contributed by atoms with Crippen LogP contribution in [-0.2, 0) is 26.0 Å². The van der Waals surface area contributed by atoms with Crippen molar-refractivity contribution in [1.82, 2.24) is 9.21 Å². The number of piperazine rings is 1. The van der Waals surface area contributed by atoms with Crippen LogP contribution in [0.5, 0.6) is 0 Å². The molecule has 2 heterocycles. The van der Waals surface area contributed by atoms with Crippen molar-refractivity contribution in [3.8, 4) is 0 Å². The van der Waals surface area contributed by atoms with Gasteiger partial charge in [0.25, 0.3) is 0 Å². The lowest BCUT2D eigenvalue weighted by Crippen LogP contribution is -2.50. The number of hydrogen-bond acceptors (Lipinski definition) is 5. The number of methoxy groups -OCH3 is 1. The van der Waals surface area contributed by atoms with Crippen molar-refractivity contribution in [3.05, 3.63) is 23.8 Å². The first-order valence-corrected chi connectivity index (χ1v) is 8.61. The van der Waals surface area contributed by atoms with Crippen LogP contribution in [0.1, 0.15) is 5.56 Å². The summed E-state index contributed by atoms with van der Waals surface area (Å²) in [5.74, 6) is -0.138. The van der Waals surface area contributed by atoms with Gasteiger partial charge in [0.1, 0.15) is 0 Å². The van der Waals surface area contributed by atoms with Gasteiger partial charge in [-0.15, -0.1) is 0 Å². The summed E-state index contributed by atoms with van der Waals surface area (Å²) in [6.45, 7) is 1.01.